The number of hydrogen-bond acceptors (Lipinski definition) is 4. The molecule has 0 unspecified atom stereocenters. The molecule has 0 amide bonds. The standard InChI is InChI=1S/C8H15NO4/c1-7(10)13-5-3-4-9(2)6-8(11)12/h3-6H2,1-2H3,(H,11,12). The first kappa shape index (κ1) is 11.9. The number of carbonyl (C=O) groups excluding carboxylic acids is 1. The number of nitrogens with zero attached hydrogens (tertiary/aromatic N) is 1. The van der Waals surface area contributed by atoms with Gasteiger partial charge in [-0.3, -0.25) is 14.5 Å². The molecule has 5 nitrogen and oxygen atoms in total. The summed E-state index contributed by atoms with van der Waals surface area (Å²) in [6.07, 6.45) is 0.656. The van der Waals surface area contributed by atoms with Gasteiger partial charge in [0.25, 0.3) is 0 Å². The van der Waals surface area contributed by atoms with Crippen molar-refractivity contribution in [2.45, 2.75) is 13.3 Å². The average Bonchev–Trinajstić information content (AvgIpc) is 1.96. The van der Waals surface area contributed by atoms with E-state index < -0.39 is 5.97 Å². The van der Waals surface area contributed by atoms with Gasteiger partial charge in [-0.1, -0.05) is 0 Å². The molecule has 76 valence electrons. The highest BCUT2D eigenvalue weighted by molar-refractivity contribution is 5.69. The van der Waals surface area contributed by atoms with E-state index >= 15 is 0 Å². The Bertz CT molecular complexity index is 181. The first-order chi connectivity index (χ1) is 6.02. The maximum absolute atomic E-state index is 10.3. The fourth-order valence-electron chi connectivity index (χ4n) is 0.860. The third-order valence-electron chi connectivity index (χ3n) is 1.39. The highest BCUT2D eigenvalue weighted by Gasteiger charge is 2.03. The molecule has 0 fully saturated rings. The lowest BCUT2D eigenvalue weighted by molar-refractivity contribution is -0.142. The number of esters is 1. The summed E-state index contributed by atoms with van der Waals surface area (Å²) in [6, 6.07) is 0. The molecule has 0 aromatic rings. The number of aliphatic carboxylic acids is 1. The van der Waals surface area contributed by atoms with E-state index in [1.807, 2.05) is 0 Å². The van der Waals surface area contributed by atoms with E-state index in [0.29, 0.717) is 19.6 Å². The van der Waals surface area contributed by atoms with Crippen LogP contribution < -0.4 is 0 Å². The molecule has 0 spiro atoms. The van der Waals surface area contributed by atoms with Crippen molar-refractivity contribution in [3.05, 3.63) is 0 Å². The van der Waals surface area contributed by atoms with Crippen LogP contribution in [0.3, 0.4) is 0 Å². The lowest BCUT2D eigenvalue weighted by Gasteiger charge is -2.12. The Kier molecular flexibility index (Phi) is 5.88. The summed E-state index contributed by atoms with van der Waals surface area (Å²) in [7, 11) is 1.71. The molecule has 0 bridgehead atoms. The molecular formula is C8H15NO4. The molecule has 0 rings (SSSR count). The van der Waals surface area contributed by atoms with Crippen LogP contribution in [0, 0.1) is 0 Å². The molecule has 0 radical (unpaired) electrons. The molecule has 13 heavy (non-hydrogen) atoms. The molecule has 0 aliphatic carbocycles. The molecular weight excluding hydrogens is 174 g/mol. The summed E-state index contributed by atoms with van der Waals surface area (Å²) >= 11 is 0. The molecule has 0 saturated heterocycles. The molecule has 1 N–H and O–H groups in total. The van der Waals surface area contributed by atoms with E-state index in [0.717, 1.165) is 0 Å². The monoisotopic (exact) mass is 189 g/mol. The topological polar surface area (TPSA) is 66.8 Å². The summed E-state index contributed by atoms with van der Waals surface area (Å²) in [5, 5.41) is 8.40. The van der Waals surface area contributed by atoms with E-state index in [4.69, 9.17) is 5.11 Å². The van der Waals surface area contributed by atoms with Crippen LogP contribution in [0.1, 0.15) is 13.3 Å². The zero-order valence-corrected chi connectivity index (χ0v) is 7.95. The molecule has 0 heterocycles. The van der Waals surface area contributed by atoms with Crippen LogP contribution in [0.2, 0.25) is 0 Å². The Labute approximate surface area is 77.3 Å². The van der Waals surface area contributed by atoms with Crippen LogP contribution in [-0.2, 0) is 14.3 Å². The van der Waals surface area contributed by atoms with Gasteiger partial charge in [-0.2, -0.15) is 0 Å². The summed E-state index contributed by atoms with van der Waals surface area (Å²) in [5.74, 6) is -1.16. The second-order valence-corrected chi connectivity index (χ2v) is 2.83. The van der Waals surface area contributed by atoms with Crippen molar-refractivity contribution in [1.82, 2.24) is 4.90 Å². The van der Waals surface area contributed by atoms with Gasteiger partial charge in [0, 0.05) is 13.5 Å². The average molecular weight is 189 g/mol. The zero-order valence-electron chi connectivity index (χ0n) is 7.95. The molecule has 0 aliphatic heterocycles. The highest BCUT2D eigenvalue weighted by Crippen LogP contribution is 1.88. The fraction of sp³-hybridized carbons (Fsp3) is 0.750. The normalized spacial score (nSPS) is 10.1. The SMILES string of the molecule is CC(=O)OCCCN(C)CC(=O)O. The van der Waals surface area contributed by atoms with Gasteiger partial charge in [-0.25, -0.2) is 0 Å². The molecule has 0 atom stereocenters. The van der Waals surface area contributed by atoms with E-state index in [2.05, 4.69) is 4.74 Å². The second kappa shape index (κ2) is 6.42. The van der Waals surface area contributed by atoms with Gasteiger partial charge in [0.1, 0.15) is 0 Å². The van der Waals surface area contributed by atoms with Gasteiger partial charge in [-0.05, 0) is 13.5 Å². The number of likely N-dealkylation sites (N-methyl/N-ethyl adjacent to an activating group) is 1. The van der Waals surface area contributed by atoms with Crippen molar-refractivity contribution in [2.75, 3.05) is 26.7 Å². The maximum atomic E-state index is 10.3. The van der Waals surface area contributed by atoms with E-state index in [9.17, 15) is 9.59 Å². The summed E-state index contributed by atoms with van der Waals surface area (Å²) in [5.41, 5.74) is 0. The molecule has 0 aliphatic rings. The van der Waals surface area contributed by atoms with Crippen LogP contribution in [0.4, 0.5) is 0 Å². The van der Waals surface area contributed by atoms with Gasteiger partial charge in [0.05, 0.1) is 13.2 Å². The van der Waals surface area contributed by atoms with Crippen LogP contribution in [0.25, 0.3) is 0 Å². The van der Waals surface area contributed by atoms with E-state index in [-0.39, 0.29) is 12.5 Å². The van der Waals surface area contributed by atoms with Crippen molar-refractivity contribution in [3.8, 4) is 0 Å². The fourth-order valence-corrected chi connectivity index (χ4v) is 0.860. The van der Waals surface area contributed by atoms with Crippen LogP contribution in [-0.4, -0.2) is 48.7 Å². The largest absolute Gasteiger partial charge is 0.480 e. The molecule has 0 aromatic carbocycles. The van der Waals surface area contributed by atoms with Crippen molar-refractivity contribution in [3.63, 3.8) is 0 Å². The zero-order chi connectivity index (χ0) is 10.3. The second-order valence-electron chi connectivity index (χ2n) is 2.83. The van der Waals surface area contributed by atoms with Crippen molar-refractivity contribution >= 4 is 11.9 Å². The van der Waals surface area contributed by atoms with Crippen molar-refractivity contribution in [1.29, 1.82) is 0 Å². The van der Waals surface area contributed by atoms with Crippen molar-refractivity contribution < 1.29 is 19.4 Å². The van der Waals surface area contributed by atoms with E-state index in [1.165, 1.54) is 6.92 Å². The number of carboxylic acids is 1. The number of rotatable bonds is 6. The number of ether oxygens (including phenoxy) is 1. The Balaban J connectivity index is 3.31. The quantitative estimate of drug-likeness (QED) is 0.469. The first-order valence-corrected chi connectivity index (χ1v) is 4.06. The van der Waals surface area contributed by atoms with Gasteiger partial charge in [0.2, 0.25) is 0 Å². The van der Waals surface area contributed by atoms with Gasteiger partial charge < -0.3 is 9.84 Å². The minimum atomic E-state index is -0.852. The maximum Gasteiger partial charge on any atom is 0.317 e. The Hall–Kier alpha value is -1.10. The molecule has 0 aromatic heterocycles. The summed E-state index contributed by atoms with van der Waals surface area (Å²) in [6.45, 7) is 2.32. The minimum absolute atomic E-state index is 0.0140. The predicted molar refractivity (Wildman–Crippen MR) is 46.4 cm³/mol. The Morgan fingerprint density at radius 3 is 2.54 bits per heavy atom. The predicted octanol–water partition coefficient (Wildman–Crippen LogP) is -0.0440. The number of carbonyl (C=O) groups is 2. The Morgan fingerprint density at radius 2 is 2.08 bits per heavy atom. The number of carboxylic acid groups (broad SMARTS) is 1. The first-order valence-electron chi connectivity index (χ1n) is 4.06. The molecule has 0 saturated carbocycles. The highest BCUT2D eigenvalue weighted by atomic mass is 16.5. The minimum Gasteiger partial charge on any atom is -0.480 e. The lowest BCUT2D eigenvalue weighted by Crippen LogP contribution is -2.27. The van der Waals surface area contributed by atoms with Gasteiger partial charge in [-0.15, -0.1) is 0 Å². The Morgan fingerprint density at radius 1 is 1.46 bits per heavy atom. The lowest BCUT2D eigenvalue weighted by atomic mass is 10.4. The third kappa shape index (κ3) is 8.81. The van der Waals surface area contributed by atoms with Crippen LogP contribution in [0.5, 0.6) is 0 Å². The summed E-state index contributed by atoms with van der Waals surface area (Å²) < 4.78 is 4.68. The van der Waals surface area contributed by atoms with Gasteiger partial charge in [0.15, 0.2) is 0 Å². The molecule has 5 heteroatoms. The van der Waals surface area contributed by atoms with Crippen molar-refractivity contribution in [2.24, 2.45) is 0 Å². The van der Waals surface area contributed by atoms with E-state index in [1.54, 1.807) is 11.9 Å². The van der Waals surface area contributed by atoms with Crippen LogP contribution in [0.15, 0.2) is 0 Å². The van der Waals surface area contributed by atoms with Crippen LogP contribution >= 0.6 is 0 Å². The number of hydrogen-bond donors (Lipinski definition) is 1. The van der Waals surface area contributed by atoms with Gasteiger partial charge >= 0.3 is 11.9 Å². The summed E-state index contributed by atoms with van der Waals surface area (Å²) in [4.78, 5) is 22.2. The third-order valence-corrected chi connectivity index (χ3v) is 1.39. The smallest absolute Gasteiger partial charge is 0.317 e.